The Balaban J connectivity index is 2.21. The average molecular weight is 349 g/mol. The molecule has 1 aliphatic rings. The van der Waals surface area contributed by atoms with E-state index in [1.54, 1.807) is 0 Å². The van der Waals surface area contributed by atoms with E-state index in [-0.39, 0.29) is 6.61 Å². The summed E-state index contributed by atoms with van der Waals surface area (Å²) in [5, 5.41) is 15.0. The molecule has 19 heavy (non-hydrogen) atoms. The van der Waals surface area contributed by atoms with Crippen LogP contribution in [0, 0.1) is 0 Å². The predicted octanol–water partition coefficient (Wildman–Crippen LogP) is 2.37. The van der Waals surface area contributed by atoms with Crippen LogP contribution in [0.2, 0.25) is 0 Å². The van der Waals surface area contributed by atoms with E-state index >= 15 is 0 Å². The number of aromatic nitrogens is 1. The number of rotatable bonds is 4. The fourth-order valence-electron chi connectivity index (χ4n) is 2.33. The second-order valence-corrected chi connectivity index (χ2v) is 6.28. The average Bonchev–Trinajstić information content (AvgIpc) is 2.75. The maximum absolute atomic E-state index is 10.8. The first-order valence-electron chi connectivity index (χ1n) is 6.30. The fraction of sp³-hybridized carbons (Fsp3) is 0.667. The lowest BCUT2D eigenvalue weighted by Gasteiger charge is -2.33. The molecule has 1 aliphatic heterocycles. The molecule has 0 atom stereocenters. The molecule has 0 aliphatic carbocycles. The first-order chi connectivity index (χ1) is 9.12. The Bertz CT molecular complexity index is 430. The highest BCUT2D eigenvalue weighted by Gasteiger charge is 2.36. The normalized spacial score (nSPS) is 19.6. The smallest absolute Gasteiger partial charge is 0.329 e. The summed E-state index contributed by atoms with van der Waals surface area (Å²) in [5.41, 5.74) is -0.544. The molecule has 1 saturated heterocycles. The van der Waals surface area contributed by atoms with Gasteiger partial charge in [0, 0.05) is 5.38 Å². The van der Waals surface area contributed by atoms with Gasteiger partial charge < -0.3 is 15.2 Å². The van der Waals surface area contributed by atoms with E-state index in [1.165, 1.54) is 11.3 Å². The van der Waals surface area contributed by atoms with Crippen LogP contribution in [0.25, 0.3) is 0 Å². The standard InChI is InChI=1S/C12H17BrN2O3S/c13-9-8-19-11(15-9)12(18-7-10(16)17)3-1-5-14-6-2-4-12/h8,14H,1-7H2,(H,16,17). The number of hydrogen-bond acceptors (Lipinski definition) is 5. The van der Waals surface area contributed by atoms with Crippen molar-refractivity contribution in [3.05, 3.63) is 15.0 Å². The number of carbonyl (C=O) groups is 1. The molecule has 2 N–H and O–H groups in total. The van der Waals surface area contributed by atoms with Gasteiger partial charge in [-0.1, -0.05) is 0 Å². The molecule has 2 heterocycles. The highest BCUT2D eigenvalue weighted by atomic mass is 79.9. The van der Waals surface area contributed by atoms with Crippen molar-refractivity contribution in [2.24, 2.45) is 0 Å². The third-order valence-corrected chi connectivity index (χ3v) is 4.94. The molecule has 0 spiro atoms. The van der Waals surface area contributed by atoms with Crippen LogP contribution in [0.4, 0.5) is 0 Å². The summed E-state index contributed by atoms with van der Waals surface area (Å²) >= 11 is 4.88. The SMILES string of the molecule is O=C(O)COC1(c2nc(Br)cs2)CCCNCCC1. The van der Waals surface area contributed by atoms with Crippen molar-refractivity contribution in [1.82, 2.24) is 10.3 Å². The van der Waals surface area contributed by atoms with Crippen molar-refractivity contribution in [2.75, 3.05) is 19.7 Å². The van der Waals surface area contributed by atoms with Gasteiger partial charge in [0.1, 0.15) is 21.8 Å². The number of nitrogens with one attached hydrogen (secondary N) is 1. The molecule has 0 saturated carbocycles. The summed E-state index contributed by atoms with van der Waals surface area (Å²) < 4.78 is 6.55. The summed E-state index contributed by atoms with van der Waals surface area (Å²) in [5.74, 6) is -0.935. The fourth-order valence-corrected chi connectivity index (χ4v) is 3.80. The van der Waals surface area contributed by atoms with E-state index in [2.05, 4.69) is 26.2 Å². The third kappa shape index (κ3) is 3.98. The Morgan fingerprint density at radius 1 is 1.53 bits per heavy atom. The molecule has 0 bridgehead atoms. The molecule has 2 rings (SSSR count). The number of carboxylic acids is 1. The van der Waals surface area contributed by atoms with E-state index in [1.807, 2.05) is 5.38 Å². The van der Waals surface area contributed by atoms with Crippen molar-refractivity contribution in [3.8, 4) is 0 Å². The second-order valence-electron chi connectivity index (χ2n) is 4.61. The lowest BCUT2D eigenvalue weighted by molar-refractivity contribution is -0.152. The highest BCUT2D eigenvalue weighted by Crippen LogP contribution is 2.38. The zero-order valence-electron chi connectivity index (χ0n) is 10.5. The third-order valence-electron chi connectivity index (χ3n) is 3.21. The molecular weight excluding hydrogens is 332 g/mol. The topological polar surface area (TPSA) is 71.5 Å². The maximum atomic E-state index is 10.8. The predicted molar refractivity (Wildman–Crippen MR) is 76.4 cm³/mol. The van der Waals surface area contributed by atoms with Gasteiger partial charge in [-0.05, 0) is 54.7 Å². The Kier molecular flexibility index (Phi) is 5.32. The van der Waals surface area contributed by atoms with Crippen LogP contribution < -0.4 is 5.32 Å². The molecular formula is C12H17BrN2O3S. The zero-order chi connectivity index (χ0) is 13.7. The van der Waals surface area contributed by atoms with Crippen molar-refractivity contribution in [2.45, 2.75) is 31.3 Å². The first-order valence-corrected chi connectivity index (χ1v) is 7.98. The number of nitrogens with zero attached hydrogens (tertiary/aromatic N) is 1. The van der Waals surface area contributed by atoms with Crippen molar-refractivity contribution >= 4 is 33.2 Å². The number of aliphatic carboxylic acids is 1. The molecule has 106 valence electrons. The molecule has 1 fully saturated rings. The number of thiazole rings is 1. The molecule has 5 nitrogen and oxygen atoms in total. The van der Waals surface area contributed by atoms with Crippen molar-refractivity contribution < 1.29 is 14.6 Å². The van der Waals surface area contributed by atoms with Gasteiger partial charge >= 0.3 is 5.97 Å². The quantitative estimate of drug-likeness (QED) is 0.873. The van der Waals surface area contributed by atoms with Gasteiger partial charge in [0.2, 0.25) is 0 Å². The van der Waals surface area contributed by atoms with Gasteiger partial charge in [0.05, 0.1) is 0 Å². The maximum Gasteiger partial charge on any atom is 0.329 e. The van der Waals surface area contributed by atoms with E-state index in [0.29, 0.717) is 0 Å². The summed E-state index contributed by atoms with van der Waals surface area (Å²) in [7, 11) is 0. The number of carboxylic acid groups (broad SMARTS) is 1. The van der Waals surface area contributed by atoms with E-state index < -0.39 is 11.6 Å². The molecule has 7 heteroatoms. The van der Waals surface area contributed by atoms with Gasteiger partial charge in [-0.25, -0.2) is 9.78 Å². The number of ether oxygens (including phenoxy) is 1. The van der Waals surface area contributed by atoms with Gasteiger partial charge in [0.15, 0.2) is 0 Å². The lowest BCUT2D eigenvalue weighted by Crippen LogP contribution is -2.36. The van der Waals surface area contributed by atoms with Crippen LogP contribution in [0.1, 0.15) is 30.7 Å². The molecule has 1 aromatic heterocycles. The Labute approximate surface area is 124 Å². The summed E-state index contributed by atoms with van der Waals surface area (Å²) in [6, 6.07) is 0. The largest absolute Gasteiger partial charge is 0.480 e. The Hall–Kier alpha value is -0.500. The van der Waals surface area contributed by atoms with Gasteiger partial charge in [-0.2, -0.15) is 0 Å². The molecule has 1 aromatic rings. The van der Waals surface area contributed by atoms with Crippen molar-refractivity contribution in [3.63, 3.8) is 0 Å². The van der Waals surface area contributed by atoms with Crippen LogP contribution in [0.5, 0.6) is 0 Å². The number of halogens is 1. The second kappa shape index (κ2) is 6.78. The van der Waals surface area contributed by atoms with Gasteiger partial charge in [-0.3, -0.25) is 0 Å². The summed E-state index contributed by atoms with van der Waals surface area (Å²) in [6.07, 6.45) is 3.51. The summed E-state index contributed by atoms with van der Waals surface area (Å²) in [6.45, 7) is 1.60. The monoisotopic (exact) mass is 348 g/mol. The highest BCUT2D eigenvalue weighted by molar-refractivity contribution is 9.10. The van der Waals surface area contributed by atoms with Crippen LogP contribution >= 0.6 is 27.3 Å². The minimum Gasteiger partial charge on any atom is -0.480 e. The summed E-state index contributed by atoms with van der Waals surface area (Å²) in [4.78, 5) is 15.3. The first kappa shape index (κ1) is 14.9. The van der Waals surface area contributed by atoms with E-state index in [4.69, 9.17) is 9.84 Å². The minimum absolute atomic E-state index is 0.273. The molecule has 0 aromatic carbocycles. The van der Waals surface area contributed by atoms with Crippen LogP contribution in [0.15, 0.2) is 9.98 Å². The van der Waals surface area contributed by atoms with Crippen LogP contribution in [0.3, 0.4) is 0 Å². The van der Waals surface area contributed by atoms with E-state index in [0.717, 1.165) is 48.4 Å². The molecule has 0 radical (unpaired) electrons. The Morgan fingerprint density at radius 3 is 2.74 bits per heavy atom. The lowest BCUT2D eigenvalue weighted by atomic mass is 9.91. The van der Waals surface area contributed by atoms with Crippen LogP contribution in [-0.4, -0.2) is 35.8 Å². The zero-order valence-corrected chi connectivity index (χ0v) is 12.9. The number of hydrogen-bond donors (Lipinski definition) is 2. The molecule has 0 amide bonds. The van der Waals surface area contributed by atoms with Crippen LogP contribution in [-0.2, 0) is 15.1 Å². The van der Waals surface area contributed by atoms with Crippen molar-refractivity contribution in [1.29, 1.82) is 0 Å². The van der Waals surface area contributed by atoms with Gasteiger partial charge in [0.25, 0.3) is 0 Å². The minimum atomic E-state index is -0.935. The van der Waals surface area contributed by atoms with Gasteiger partial charge in [-0.15, -0.1) is 11.3 Å². The van der Waals surface area contributed by atoms with E-state index in [9.17, 15) is 4.79 Å². The Morgan fingerprint density at radius 2 is 2.21 bits per heavy atom. The molecule has 0 unspecified atom stereocenters.